The highest BCUT2D eigenvalue weighted by Gasteiger charge is 2.38. The van der Waals surface area contributed by atoms with Gasteiger partial charge in [-0.1, -0.05) is 18.2 Å². The van der Waals surface area contributed by atoms with Crippen molar-refractivity contribution >= 4 is 0 Å². The Labute approximate surface area is 146 Å². The highest BCUT2D eigenvalue weighted by molar-refractivity contribution is 5.31. The van der Waals surface area contributed by atoms with E-state index < -0.39 is 5.60 Å². The third-order valence-electron chi connectivity index (χ3n) is 6.54. The molecule has 0 aliphatic heterocycles. The Morgan fingerprint density at radius 3 is 2.17 bits per heavy atom. The second-order valence-electron chi connectivity index (χ2n) is 7.90. The van der Waals surface area contributed by atoms with Gasteiger partial charge in [0.15, 0.2) is 0 Å². The molecule has 132 valence electrons. The zero-order chi connectivity index (χ0) is 17.0. The fraction of sp³-hybridized carbons (Fsp3) is 0.636. The molecule has 0 saturated heterocycles. The van der Waals surface area contributed by atoms with Crippen LogP contribution < -0.4 is 4.74 Å². The Balaban J connectivity index is 1.54. The van der Waals surface area contributed by atoms with Gasteiger partial charge >= 0.3 is 0 Å². The van der Waals surface area contributed by atoms with Crippen LogP contribution in [0.5, 0.6) is 5.75 Å². The molecular formula is C22H32O2. The smallest absolute Gasteiger partial charge is 0.118 e. The molecule has 3 rings (SSSR count). The molecule has 2 nitrogen and oxygen atoms in total. The molecule has 2 heteroatoms. The van der Waals surface area contributed by atoms with Crippen molar-refractivity contribution in [3.63, 3.8) is 0 Å². The number of rotatable bonds is 5. The van der Waals surface area contributed by atoms with Gasteiger partial charge in [-0.25, -0.2) is 0 Å². The van der Waals surface area contributed by atoms with Gasteiger partial charge in [0.25, 0.3) is 0 Å². The van der Waals surface area contributed by atoms with Crippen molar-refractivity contribution < 1.29 is 9.84 Å². The molecule has 0 spiro atoms. The fourth-order valence-corrected chi connectivity index (χ4v) is 4.91. The number of hydrogen-bond acceptors (Lipinski definition) is 2. The first-order valence-corrected chi connectivity index (χ1v) is 9.62. The van der Waals surface area contributed by atoms with Gasteiger partial charge in [-0.15, -0.1) is 6.58 Å². The summed E-state index contributed by atoms with van der Waals surface area (Å²) in [5, 5.41) is 11.1. The maximum absolute atomic E-state index is 11.1. The first kappa shape index (κ1) is 17.5. The molecule has 24 heavy (non-hydrogen) atoms. The standard InChI is InChI=1S/C22H32O2/c1-3-4-17-5-7-18(8-6-17)19-13-15-22(23,16-14-19)20-9-11-21(24-2)12-10-20/h3,9-12,17-19,23H,1,4-8,13-16H2,2H3/t17?,18?,19-,22+. The number of hydrogen-bond donors (Lipinski definition) is 1. The molecule has 2 fully saturated rings. The lowest BCUT2D eigenvalue weighted by molar-refractivity contribution is -0.0259. The van der Waals surface area contributed by atoms with Crippen molar-refractivity contribution in [2.45, 2.75) is 63.4 Å². The predicted molar refractivity (Wildman–Crippen MR) is 99.1 cm³/mol. The first-order chi connectivity index (χ1) is 11.6. The second-order valence-corrected chi connectivity index (χ2v) is 7.90. The van der Waals surface area contributed by atoms with Crippen LogP contribution in [-0.4, -0.2) is 12.2 Å². The van der Waals surface area contributed by atoms with E-state index in [1.54, 1.807) is 7.11 Å². The number of ether oxygens (including phenoxy) is 1. The monoisotopic (exact) mass is 328 g/mol. The first-order valence-electron chi connectivity index (χ1n) is 9.62. The largest absolute Gasteiger partial charge is 0.497 e. The lowest BCUT2D eigenvalue weighted by Crippen LogP contribution is -2.34. The van der Waals surface area contributed by atoms with Crippen LogP contribution in [0.1, 0.15) is 63.4 Å². The molecule has 0 aromatic heterocycles. The molecule has 0 bridgehead atoms. The molecular weight excluding hydrogens is 296 g/mol. The summed E-state index contributed by atoms with van der Waals surface area (Å²) in [5.74, 6) is 3.42. The summed E-state index contributed by atoms with van der Waals surface area (Å²) >= 11 is 0. The van der Waals surface area contributed by atoms with Crippen molar-refractivity contribution in [3.05, 3.63) is 42.5 Å². The van der Waals surface area contributed by atoms with E-state index in [0.717, 1.165) is 41.9 Å². The van der Waals surface area contributed by atoms with Crippen LogP contribution in [0.25, 0.3) is 0 Å². The minimum absolute atomic E-state index is 0.636. The molecule has 0 unspecified atom stereocenters. The minimum atomic E-state index is -0.636. The predicted octanol–water partition coefficient (Wildman–Crippen LogP) is 5.46. The summed E-state index contributed by atoms with van der Waals surface area (Å²) in [6, 6.07) is 7.97. The van der Waals surface area contributed by atoms with E-state index in [2.05, 4.69) is 12.7 Å². The van der Waals surface area contributed by atoms with Crippen molar-refractivity contribution in [1.29, 1.82) is 0 Å². The number of allylic oxidation sites excluding steroid dienone is 1. The maximum Gasteiger partial charge on any atom is 0.118 e. The number of benzene rings is 1. The van der Waals surface area contributed by atoms with Crippen LogP contribution in [0, 0.1) is 17.8 Å². The third kappa shape index (κ3) is 3.85. The minimum Gasteiger partial charge on any atom is -0.497 e. The van der Waals surface area contributed by atoms with E-state index in [4.69, 9.17) is 4.74 Å². The zero-order valence-corrected chi connectivity index (χ0v) is 15.0. The summed E-state index contributed by atoms with van der Waals surface area (Å²) < 4.78 is 5.22. The summed E-state index contributed by atoms with van der Waals surface area (Å²) in [6.07, 6.45) is 12.9. The molecule has 1 aromatic rings. The lowest BCUT2D eigenvalue weighted by atomic mass is 9.66. The zero-order valence-electron chi connectivity index (χ0n) is 15.0. The summed E-state index contributed by atoms with van der Waals surface area (Å²) in [4.78, 5) is 0. The van der Waals surface area contributed by atoms with E-state index in [0.29, 0.717) is 0 Å². The Hall–Kier alpha value is -1.28. The van der Waals surface area contributed by atoms with Gasteiger partial charge in [0.05, 0.1) is 12.7 Å². The fourth-order valence-electron chi connectivity index (χ4n) is 4.91. The molecule has 2 aliphatic carbocycles. The Morgan fingerprint density at radius 2 is 1.62 bits per heavy atom. The van der Waals surface area contributed by atoms with E-state index in [1.165, 1.54) is 44.9 Å². The van der Waals surface area contributed by atoms with Crippen LogP contribution in [0.3, 0.4) is 0 Å². The lowest BCUT2D eigenvalue weighted by Gasteiger charge is -2.41. The van der Waals surface area contributed by atoms with Gasteiger partial charge in [-0.3, -0.25) is 0 Å². The highest BCUT2D eigenvalue weighted by atomic mass is 16.5. The second kappa shape index (κ2) is 7.74. The molecule has 0 heterocycles. The van der Waals surface area contributed by atoms with Gasteiger partial charge in [0, 0.05) is 0 Å². The normalized spacial score (nSPS) is 33.8. The Bertz CT molecular complexity index is 517. The van der Waals surface area contributed by atoms with Crippen molar-refractivity contribution in [3.8, 4) is 5.75 Å². The quantitative estimate of drug-likeness (QED) is 0.728. The van der Waals surface area contributed by atoms with Gasteiger partial charge in [0.1, 0.15) is 5.75 Å². The summed E-state index contributed by atoms with van der Waals surface area (Å²) in [6.45, 7) is 3.88. The summed E-state index contributed by atoms with van der Waals surface area (Å²) in [7, 11) is 1.68. The van der Waals surface area contributed by atoms with Crippen molar-refractivity contribution in [2.24, 2.45) is 17.8 Å². The van der Waals surface area contributed by atoms with Crippen LogP contribution in [0.2, 0.25) is 0 Å². The topological polar surface area (TPSA) is 29.5 Å². The van der Waals surface area contributed by atoms with Crippen LogP contribution in [0.4, 0.5) is 0 Å². The Kier molecular flexibility index (Phi) is 5.65. The van der Waals surface area contributed by atoms with Gasteiger partial charge in [-0.2, -0.15) is 0 Å². The number of methoxy groups -OCH3 is 1. The van der Waals surface area contributed by atoms with E-state index >= 15 is 0 Å². The van der Waals surface area contributed by atoms with E-state index in [9.17, 15) is 5.11 Å². The van der Waals surface area contributed by atoms with E-state index in [1.807, 2.05) is 24.3 Å². The van der Waals surface area contributed by atoms with Crippen molar-refractivity contribution in [2.75, 3.05) is 7.11 Å². The Morgan fingerprint density at radius 1 is 1.04 bits per heavy atom. The molecule has 0 atom stereocenters. The molecule has 0 radical (unpaired) electrons. The highest BCUT2D eigenvalue weighted by Crippen LogP contribution is 2.46. The molecule has 0 amide bonds. The molecule has 2 saturated carbocycles. The molecule has 1 aromatic carbocycles. The molecule has 1 N–H and O–H groups in total. The summed E-state index contributed by atoms with van der Waals surface area (Å²) in [5.41, 5.74) is 0.416. The van der Waals surface area contributed by atoms with Gasteiger partial charge in [0.2, 0.25) is 0 Å². The van der Waals surface area contributed by atoms with Gasteiger partial charge in [-0.05, 0) is 93.2 Å². The van der Waals surface area contributed by atoms with Crippen LogP contribution in [0.15, 0.2) is 36.9 Å². The van der Waals surface area contributed by atoms with Crippen LogP contribution in [-0.2, 0) is 5.60 Å². The van der Waals surface area contributed by atoms with Crippen molar-refractivity contribution in [1.82, 2.24) is 0 Å². The SMILES string of the molecule is C=CCC1CCC([C@H]2CC[C@](O)(c3ccc(OC)cc3)CC2)CC1. The van der Waals surface area contributed by atoms with Gasteiger partial charge < -0.3 is 9.84 Å². The average Bonchev–Trinajstić information content (AvgIpc) is 2.63. The number of aliphatic hydroxyl groups is 1. The average molecular weight is 328 g/mol. The third-order valence-corrected chi connectivity index (χ3v) is 6.54. The van der Waals surface area contributed by atoms with E-state index in [-0.39, 0.29) is 0 Å². The maximum atomic E-state index is 11.1. The van der Waals surface area contributed by atoms with Crippen LogP contribution >= 0.6 is 0 Å². The molecule has 2 aliphatic rings.